The summed E-state index contributed by atoms with van der Waals surface area (Å²) >= 11 is 0. The first-order valence-electron chi connectivity index (χ1n) is 7.07. The van der Waals surface area contributed by atoms with Crippen LogP contribution in [0.2, 0.25) is 0 Å². The summed E-state index contributed by atoms with van der Waals surface area (Å²) in [6, 6.07) is 9.11. The maximum Gasteiger partial charge on any atom is 0.401 e. The Morgan fingerprint density at radius 2 is 1.71 bits per heavy atom. The molecule has 0 aliphatic rings. The number of likely N-dealkylation sites (N-methyl/N-ethyl adjacent to an activating group) is 2. The molecule has 0 spiro atoms. The molecule has 1 rings (SSSR count). The van der Waals surface area contributed by atoms with Crippen molar-refractivity contribution in [3.63, 3.8) is 0 Å². The number of hydrogen-bond acceptors (Lipinski definition) is 3. The molecule has 1 atom stereocenters. The van der Waals surface area contributed by atoms with Crippen LogP contribution in [0.1, 0.15) is 19.4 Å². The first-order valence-corrected chi connectivity index (χ1v) is 7.07. The maximum atomic E-state index is 12.6. The van der Waals surface area contributed by atoms with Crippen molar-refractivity contribution < 1.29 is 18.3 Å². The average Bonchev–Trinajstić information content (AvgIpc) is 2.45. The minimum Gasteiger partial charge on any atom is -0.394 e. The number of halogens is 3. The Balaban J connectivity index is 3.02. The number of alkyl halides is 3. The Morgan fingerprint density at radius 3 is 2.14 bits per heavy atom. The Morgan fingerprint density at radius 1 is 1.10 bits per heavy atom. The molecule has 1 aromatic rings. The SMILES string of the molecule is CCNC(CO)(CN(CC)CC(F)(F)F)c1ccccc1. The molecule has 21 heavy (non-hydrogen) atoms. The van der Waals surface area contributed by atoms with E-state index in [-0.39, 0.29) is 19.7 Å². The first kappa shape index (κ1) is 17.9. The fourth-order valence-corrected chi connectivity index (χ4v) is 2.46. The number of aliphatic hydroxyl groups is 1. The van der Waals surface area contributed by atoms with Crippen molar-refractivity contribution >= 4 is 0 Å². The van der Waals surface area contributed by atoms with E-state index in [1.165, 1.54) is 4.90 Å². The van der Waals surface area contributed by atoms with Gasteiger partial charge in [0.25, 0.3) is 0 Å². The van der Waals surface area contributed by atoms with Gasteiger partial charge >= 0.3 is 6.18 Å². The second-order valence-electron chi connectivity index (χ2n) is 5.06. The fraction of sp³-hybridized carbons (Fsp3) is 0.600. The lowest BCUT2D eigenvalue weighted by Crippen LogP contribution is -2.54. The third-order valence-corrected chi connectivity index (χ3v) is 3.46. The molecule has 0 saturated heterocycles. The summed E-state index contributed by atoms with van der Waals surface area (Å²) in [5.74, 6) is 0. The molecule has 0 heterocycles. The maximum absolute atomic E-state index is 12.6. The van der Waals surface area contributed by atoms with Crippen molar-refractivity contribution in [1.29, 1.82) is 0 Å². The molecule has 0 saturated carbocycles. The van der Waals surface area contributed by atoms with Crippen LogP contribution in [0.4, 0.5) is 13.2 Å². The molecule has 0 amide bonds. The second kappa shape index (κ2) is 7.77. The number of hydrogen-bond donors (Lipinski definition) is 2. The van der Waals surface area contributed by atoms with Crippen LogP contribution in [0.5, 0.6) is 0 Å². The first-order chi connectivity index (χ1) is 9.87. The zero-order valence-corrected chi connectivity index (χ0v) is 12.5. The van der Waals surface area contributed by atoms with Crippen LogP contribution < -0.4 is 5.32 Å². The summed E-state index contributed by atoms with van der Waals surface area (Å²) in [6.45, 7) is 3.22. The van der Waals surface area contributed by atoms with Gasteiger partial charge < -0.3 is 10.4 Å². The molecular weight excluding hydrogens is 281 g/mol. The van der Waals surface area contributed by atoms with E-state index in [9.17, 15) is 18.3 Å². The van der Waals surface area contributed by atoms with Gasteiger partial charge in [-0.3, -0.25) is 4.90 Å². The number of benzene rings is 1. The Labute approximate surface area is 123 Å². The molecule has 0 fully saturated rings. The number of nitrogens with zero attached hydrogens (tertiary/aromatic N) is 1. The topological polar surface area (TPSA) is 35.5 Å². The third kappa shape index (κ3) is 5.30. The largest absolute Gasteiger partial charge is 0.401 e. The highest BCUT2D eigenvalue weighted by molar-refractivity contribution is 5.25. The van der Waals surface area contributed by atoms with Crippen LogP contribution in [0.15, 0.2) is 30.3 Å². The van der Waals surface area contributed by atoms with E-state index in [1.807, 2.05) is 37.3 Å². The van der Waals surface area contributed by atoms with Crippen molar-refractivity contribution in [2.75, 3.05) is 32.8 Å². The van der Waals surface area contributed by atoms with E-state index < -0.39 is 18.3 Å². The molecule has 2 N–H and O–H groups in total. The Bertz CT molecular complexity index is 411. The summed E-state index contributed by atoms with van der Waals surface area (Å²) in [5, 5.41) is 13.0. The van der Waals surface area contributed by atoms with Gasteiger partial charge in [-0.2, -0.15) is 13.2 Å². The lowest BCUT2D eigenvalue weighted by molar-refractivity contribution is -0.148. The van der Waals surface area contributed by atoms with Gasteiger partial charge in [-0.25, -0.2) is 0 Å². The van der Waals surface area contributed by atoms with Crippen molar-refractivity contribution in [3.05, 3.63) is 35.9 Å². The highest BCUT2D eigenvalue weighted by Crippen LogP contribution is 2.24. The van der Waals surface area contributed by atoms with Crippen LogP contribution in [0.25, 0.3) is 0 Å². The van der Waals surface area contributed by atoms with Gasteiger partial charge in [0.15, 0.2) is 0 Å². The minimum atomic E-state index is -4.25. The molecule has 1 unspecified atom stereocenters. The molecular formula is C15H23F3N2O. The van der Waals surface area contributed by atoms with E-state index in [4.69, 9.17) is 0 Å². The highest BCUT2D eigenvalue weighted by atomic mass is 19.4. The molecule has 0 radical (unpaired) electrons. The standard InChI is InChI=1S/C15H23F3N2O/c1-3-19-14(12-21,13-8-6-5-7-9-13)10-20(4-2)11-15(16,17)18/h5-9,19,21H,3-4,10-12H2,1-2H3. The van der Waals surface area contributed by atoms with E-state index >= 15 is 0 Å². The molecule has 0 aromatic heterocycles. The Hall–Kier alpha value is -1.11. The average molecular weight is 304 g/mol. The van der Waals surface area contributed by atoms with Gasteiger partial charge in [0.05, 0.1) is 18.7 Å². The predicted molar refractivity (Wildman–Crippen MR) is 77.1 cm³/mol. The van der Waals surface area contributed by atoms with Gasteiger partial charge in [0.1, 0.15) is 0 Å². The highest BCUT2D eigenvalue weighted by Gasteiger charge is 2.37. The van der Waals surface area contributed by atoms with E-state index in [1.54, 1.807) is 6.92 Å². The zero-order valence-electron chi connectivity index (χ0n) is 12.5. The molecule has 3 nitrogen and oxygen atoms in total. The third-order valence-electron chi connectivity index (χ3n) is 3.46. The fourth-order valence-electron chi connectivity index (χ4n) is 2.46. The summed E-state index contributed by atoms with van der Waals surface area (Å²) in [4.78, 5) is 1.30. The zero-order chi connectivity index (χ0) is 15.9. The van der Waals surface area contributed by atoms with Crippen molar-refractivity contribution in [2.24, 2.45) is 0 Å². The van der Waals surface area contributed by atoms with Crippen LogP contribution >= 0.6 is 0 Å². The molecule has 0 aliphatic carbocycles. The van der Waals surface area contributed by atoms with Gasteiger partial charge in [0.2, 0.25) is 0 Å². The molecule has 0 aliphatic heterocycles. The molecule has 1 aromatic carbocycles. The van der Waals surface area contributed by atoms with E-state index in [0.29, 0.717) is 6.54 Å². The Kier molecular flexibility index (Phi) is 6.64. The summed E-state index contributed by atoms with van der Waals surface area (Å²) in [5.41, 5.74) is -0.105. The number of aliphatic hydroxyl groups excluding tert-OH is 1. The number of rotatable bonds is 8. The second-order valence-corrected chi connectivity index (χ2v) is 5.06. The molecule has 120 valence electrons. The van der Waals surface area contributed by atoms with Crippen molar-refractivity contribution in [3.8, 4) is 0 Å². The van der Waals surface area contributed by atoms with Crippen LogP contribution in [0, 0.1) is 0 Å². The minimum absolute atomic E-state index is 0.0946. The van der Waals surface area contributed by atoms with Gasteiger partial charge in [0, 0.05) is 6.54 Å². The van der Waals surface area contributed by atoms with E-state index in [0.717, 1.165) is 5.56 Å². The summed E-state index contributed by atoms with van der Waals surface area (Å²) in [6.07, 6.45) is -4.25. The van der Waals surface area contributed by atoms with Crippen molar-refractivity contribution in [2.45, 2.75) is 25.6 Å². The number of nitrogens with one attached hydrogen (secondary N) is 1. The summed E-state index contributed by atoms with van der Waals surface area (Å²) < 4.78 is 37.9. The van der Waals surface area contributed by atoms with Crippen LogP contribution in [0.3, 0.4) is 0 Å². The summed E-state index contributed by atoms with van der Waals surface area (Å²) in [7, 11) is 0. The van der Waals surface area contributed by atoms with Gasteiger partial charge in [-0.1, -0.05) is 44.2 Å². The normalized spacial score (nSPS) is 15.2. The van der Waals surface area contributed by atoms with Gasteiger partial charge in [-0.15, -0.1) is 0 Å². The lowest BCUT2D eigenvalue weighted by atomic mass is 9.89. The lowest BCUT2D eigenvalue weighted by Gasteiger charge is -2.38. The molecule has 6 heteroatoms. The van der Waals surface area contributed by atoms with Crippen LogP contribution in [-0.4, -0.2) is 49.0 Å². The smallest absolute Gasteiger partial charge is 0.394 e. The molecule has 0 bridgehead atoms. The van der Waals surface area contributed by atoms with Crippen molar-refractivity contribution in [1.82, 2.24) is 10.2 Å². The quantitative estimate of drug-likeness (QED) is 0.774. The van der Waals surface area contributed by atoms with Gasteiger partial charge in [-0.05, 0) is 18.7 Å². The van der Waals surface area contributed by atoms with E-state index in [2.05, 4.69) is 5.32 Å². The monoisotopic (exact) mass is 304 g/mol. The predicted octanol–water partition coefficient (Wildman–Crippen LogP) is 2.37. The van der Waals surface area contributed by atoms with Crippen LogP contribution in [-0.2, 0) is 5.54 Å².